The van der Waals surface area contributed by atoms with Crippen molar-refractivity contribution in [3.05, 3.63) is 240 Å². The summed E-state index contributed by atoms with van der Waals surface area (Å²) in [5.74, 6) is -6.74. The third-order valence-electron chi connectivity index (χ3n) is 16.5. The van der Waals surface area contributed by atoms with Crippen LogP contribution in [0, 0.1) is 11.8 Å². The molecule has 8 atom stereocenters. The number of hydrogen-bond acceptors (Lipinski definition) is 18. The standard InChI is InChI=1S/C69H68N8O14SSi/c1-45(78)88-59-53(54(36-39-87-93(69(2,3)4,50-31-19-9-20-32-50)51-33-21-10-22-34-51)89-65(59)77-44-72-57-60(70-43-71-61(57)77)75-63(80)47-25-13-6-14-26-47)42-92(84,85)40-37-55-52(41-86-66(81)48-27-15-7-16-28-48)58(91-67(82)49-29-17-8-18-30-49)64(90-55)76-38-35-56(74-68(76)83)73-62(79)46-23-11-5-12-24-46/h5-35,38,43-44,52-55,58-59,64-65H,36-37,39-42H2,1-4H3,(H,70,71,75,80)(H,73,74,79,83)/t52-,53-,54-,55-,58-,59-,64-,65-/m1/s1. The van der Waals surface area contributed by atoms with Gasteiger partial charge in [0.2, 0.25) is 0 Å². The van der Waals surface area contributed by atoms with Gasteiger partial charge in [0.05, 0.1) is 47.1 Å². The zero-order valence-corrected chi connectivity index (χ0v) is 53.1. The predicted molar refractivity (Wildman–Crippen MR) is 347 cm³/mol. The maximum absolute atomic E-state index is 15.3. The molecule has 2 aliphatic heterocycles. The lowest BCUT2D eigenvalue weighted by Gasteiger charge is -2.43. The molecule has 11 rings (SSSR count). The van der Waals surface area contributed by atoms with E-state index in [0.29, 0.717) is 11.1 Å². The van der Waals surface area contributed by atoms with Crippen LogP contribution in [0.1, 0.15) is 94.4 Å². The van der Waals surface area contributed by atoms with Gasteiger partial charge in [-0.1, -0.05) is 154 Å². The number of hydrogen-bond donors (Lipinski definition) is 2. The summed E-state index contributed by atoms with van der Waals surface area (Å²) in [7, 11) is -7.52. The maximum Gasteiger partial charge on any atom is 0.351 e. The number of nitrogens with one attached hydrogen (secondary N) is 2. The molecule has 2 N–H and O–H groups in total. The number of imidazole rings is 1. The van der Waals surface area contributed by atoms with Gasteiger partial charge < -0.3 is 38.7 Å². The Kier molecular flexibility index (Phi) is 19.7. The summed E-state index contributed by atoms with van der Waals surface area (Å²) in [6, 6.07) is 54.4. The summed E-state index contributed by atoms with van der Waals surface area (Å²) >= 11 is 0. The SMILES string of the molecule is CC(=O)O[C@@H]1[C@H](CS(=O)(=O)CC[C@H]2O[C@@H](n3ccc(NC(=O)c4ccccc4)nc3=O)[C@H](OC(=O)c3ccccc3)[C@@H]2COC(=O)c2ccccc2)[C@@H](CCO[Si](c2ccccc2)(c2ccccc2)C(C)(C)C)O[C@H]1n1cnc2c(NC(=O)c3ccccc3)ncnc21. The molecule has 5 heterocycles. The molecular formula is C69H68N8O14SSi. The number of sulfone groups is 1. The van der Waals surface area contributed by atoms with E-state index in [4.69, 9.17) is 28.1 Å². The van der Waals surface area contributed by atoms with Crippen molar-refractivity contribution >= 4 is 81.0 Å². The smallest absolute Gasteiger partial charge is 0.351 e. The van der Waals surface area contributed by atoms with Gasteiger partial charge in [0, 0.05) is 36.8 Å². The van der Waals surface area contributed by atoms with Crippen LogP contribution >= 0.6 is 0 Å². The van der Waals surface area contributed by atoms with Crippen molar-refractivity contribution in [2.75, 3.05) is 35.4 Å². The Morgan fingerprint density at radius 3 is 1.65 bits per heavy atom. The fourth-order valence-corrected chi connectivity index (χ4v) is 18.5. The zero-order chi connectivity index (χ0) is 65.3. The molecule has 24 heteroatoms. The van der Waals surface area contributed by atoms with Gasteiger partial charge in [-0.05, 0) is 82.9 Å². The zero-order valence-electron chi connectivity index (χ0n) is 51.3. The lowest BCUT2D eigenvalue weighted by molar-refractivity contribution is -0.153. The van der Waals surface area contributed by atoms with Crippen LogP contribution in [0.4, 0.5) is 11.6 Å². The highest BCUT2D eigenvalue weighted by atomic mass is 32.2. The molecule has 2 saturated heterocycles. The Morgan fingerprint density at radius 2 is 1.10 bits per heavy atom. The number of carbonyl (C=O) groups excluding carboxylic acids is 5. The van der Waals surface area contributed by atoms with Gasteiger partial charge >= 0.3 is 23.6 Å². The average molecular weight is 1290 g/mol. The fourth-order valence-electron chi connectivity index (χ4n) is 12.2. The van der Waals surface area contributed by atoms with E-state index in [-0.39, 0.29) is 53.4 Å². The van der Waals surface area contributed by atoms with E-state index in [1.165, 1.54) is 48.5 Å². The van der Waals surface area contributed by atoms with Gasteiger partial charge in [0.15, 0.2) is 51.5 Å². The minimum atomic E-state index is -4.33. The van der Waals surface area contributed by atoms with Crippen LogP contribution in [0.25, 0.3) is 11.2 Å². The topological polar surface area (TPSA) is 277 Å². The maximum atomic E-state index is 15.3. The molecule has 2 aliphatic rings. The van der Waals surface area contributed by atoms with Crippen LogP contribution in [0.5, 0.6) is 0 Å². The van der Waals surface area contributed by atoms with Crippen LogP contribution in [-0.4, -0.2) is 125 Å². The van der Waals surface area contributed by atoms with Crippen molar-refractivity contribution in [1.82, 2.24) is 29.1 Å². The number of ether oxygens (including phenoxy) is 5. The Morgan fingerprint density at radius 1 is 0.591 bits per heavy atom. The normalized spacial score (nSPS) is 19.7. The minimum Gasteiger partial charge on any atom is -0.462 e. The molecule has 478 valence electrons. The molecule has 2 fully saturated rings. The second kappa shape index (κ2) is 28.3. The van der Waals surface area contributed by atoms with E-state index in [1.807, 2.05) is 36.4 Å². The summed E-state index contributed by atoms with van der Waals surface area (Å²) in [4.78, 5) is 99.7. The Labute approximate surface area is 537 Å². The molecule has 0 bridgehead atoms. The Balaban J connectivity index is 0.932. The third-order valence-corrected chi connectivity index (χ3v) is 23.3. The molecule has 0 spiro atoms. The van der Waals surface area contributed by atoms with E-state index in [9.17, 15) is 28.8 Å². The number of aromatic nitrogens is 6. The molecule has 93 heavy (non-hydrogen) atoms. The van der Waals surface area contributed by atoms with Crippen molar-refractivity contribution < 1.29 is 60.5 Å². The molecule has 2 amide bonds. The monoisotopic (exact) mass is 1290 g/mol. The van der Waals surface area contributed by atoms with Crippen LogP contribution < -0.4 is 26.7 Å². The minimum absolute atomic E-state index is 0.0644. The highest BCUT2D eigenvalue weighted by Crippen LogP contribution is 2.43. The first-order chi connectivity index (χ1) is 44.9. The van der Waals surface area contributed by atoms with E-state index >= 15 is 8.42 Å². The third kappa shape index (κ3) is 14.6. The van der Waals surface area contributed by atoms with Crippen molar-refractivity contribution in [3.63, 3.8) is 0 Å². The van der Waals surface area contributed by atoms with Gasteiger partial charge in [0.1, 0.15) is 18.8 Å². The molecule has 22 nitrogen and oxygen atoms in total. The van der Waals surface area contributed by atoms with Crippen molar-refractivity contribution in [2.24, 2.45) is 11.8 Å². The molecular weight excluding hydrogens is 1220 g/mol. The van der Waals surface area contributed by atoms with E-state index in [0.717, 1.165) is 14.9 Å². The van der Waals surface area contributed by atoms with Crippen molar-refractivity contribution in [2.45, 2.75) is 82.4 Å². The fraction of sp³-hybridized carbons (Fsp3) is 0.275. The van der Waals surface area contributed by atoms with Gasteiger partial charge in [-0.3, -0.25) is 23.5 Å². The number of amides is 2. The van der Waals surface area contributed by atoms with E-state index in [2.05, 4.69) is 75.6 Å². The lowest BCUT2D eigenvalue weighted by atomic mass is 9.96. The molecule has 3 aromatic heterocycles. The lowest BCUT2D eigenvalue weighted by Crippen LogP contribution is -2.66. The van der Waals surface area contributed by atoms with Gasteiger partial charge in [0.25, 0.3) is 20.1 Å². The second-order valence-corrected chi connectivity index (χ2v) is 30.2. The number of nitrogens with zero attached hydrogens (tertiary/aromatic N) is 6. The van der Waals surface area contributed by atoms with Crippen molar-refractivity contribution in [3.8, 4) is 0 Å². The van der Waals surface area contributed by atoms with Crippen molar-refractivity contribution in [1.29, 1.82) is 0 Å². The number of anilines is 2. The first-order valence-corrected chi connectivity index (χ1v) is 34.0. The number of benzene rings is 6. The number of esters is 3. The molecule has 9 aromatic rings. The summed E-state index contributed by atoms with van der Waals surface area (Å²) in [5.41, 5.74) is 0.439. The molecule has 0 saturated carbocycles. The van der Waals surface area contributed by atoms with E-state index in [1.54, 1.807) is 109 Å². The molecule has 0 aliphatic carbocycles. The summed E-state index contributed by atoms with van der Waals surface area (Å²) in [6.45, 7) is 7.21. The van der Waals surface area contributed by atoms with Crippen LogP contribution in [-0.2, 0) is 42.7 Å². The quantitative estimate of drug-likeness (QED) is 0.0345. The summed E-state index contributed by atoms with van der Waals surface area (Å²) in [5, 5.41) is 7.02. The first-order valence-electron chi connectivity index (χ1n) is 30.3. The predicted octanol–water partition coefficient (Wildman–Crippen LogP) is 8.40. The van der Waals surface area contributed by atoms with Gasteiger partial charge in [-0.2, -0.15) is 4.98 Å². The number of carbonyl (C=O) groups is 5. The van der Waals surface area contributed by atoms with E-state index < -0.39 is 125 Å². The van der Waals surface area contributed by atoms with Crippen LogP contribution in [0.15, 0.2) is 212 Å². The number of fused-ring (bicyclic) bond motifs is 1. The summed E-state index contributed by atoms with van der Waals surface area (Å²) in [6.07, 6.45) is -3.89. The average Bonchev–Trinajstić information content (AvgIpc) is 1.63. The second-order valence-electron chi connectivity index (χ2n) is 23.6. The molecule has 6 aromatic carbocycles. The Hall–Kier alpha value is -9.85. The van der Waals surface area contributed by atoms with Crippen LogP contribution in [0.3, 0.4) is 0 Å². The number of rotatable bonds is 23. The first kappa shape index (κ1) is 64.7. The molecule has 0 radical (unpaired) electrons. The van der Waals surface area contributed by atoms with Gasteiger partial charge in [-0.15, -0.1) is 0 Å². The Bertz CT molecular complexity index is 4240. The molecule has 0 unspecified atom stereocenters. The largest absolute Gasteiger partial charge is 0.462 e. The summed E-state index contributed by atoms with van der Waals surface area (Å²) < 4.78 is 72.6. The highest BCUT2D eigenvalue weighted by Gasteiger charge is 2.54. The highest BCUT2D eigenvalue weighted by molar-refractivity contribution is 7.91. The van der Waals surface area contributed by atoms with Gasteiger partial charge in [-0.25, -0.2) is 37.8 Å². The van der Waals surface area contributed by atoms with Crippen LogP contribution in [0.2, 0.25) is 5.04 Å².